The van der Waals surface area contributed by atoms with Crippen molar-refractivity contribution >= 4 is 52.3 Å². The SMILES string of the molecule is CCOC(=O)C1=C(c2ccccc2)N=c2s/c(=C\c3cccc(OC)c3OCc3ccc(Cl)c(Cl)c3)c(=O)n2[C@H]1c1ccc(C(C)C)cc1. The van der Waals surface area contributed by atoms with Gasteiger partial charge in [0.15, 0.2) is 16.3 Å². The molecule has 0 fully saturated rings. The number of aromatic nitrogens is 1. The molecule has 0 aliphatic carbocycles. The van der Waals surface area contributed by atoms with Crippen molar-refractivity contribution in [3.63, 3.8) is 0 Å². The lowest BCUT2D eigenvalue weighted by Gasteiger charge is -2.26. The fourth-order valence-corrected chi connectivity index (χ4v) is 7.02. The minimum atomic E-state index is -0.774. The molecule has 0 saturated carbocycles. The molecule has 6 rings (SSSR count). The van der Waals surface area contributed by atoms with E-state index in [0.29, 0.717) is 53.6 Å². The summed E-state index contributed by atoms with van der Waals surface area (Å²) in [5.41, 5.74) is 4.59. The second kappa shape index (κ2) is 14.9. The maximum Gasteiger partial charge on any atom is 0.338 e. The van der Waals surface area contributed by atoms with E-state index < -0.39 is 12.0 Å². The molecule has 250 valence electrons. The highest BCUT2D eigenvalue weighted by Crippen LogP contribution is 2.36. The molecule has 5 aromatic rings. The summed E-state index contributed by atoms with van der Waals surface area (Å²) in [7, 11) is 1.56. The molecule has 7 nitrogen and oxygen atoms in total. The van der Waals surface area contributed by atoms with Gasteiger partial charge in [-0.3, -0.25) is 9.36 Å². The maximum atomic E-state index is 14.5. The second-order valence-electron chi connectivity index (χ2n) is 11.7. The average molecular weight is 714 g/mol. The van der Waals surface area contributed by atoms with Gasteiger partial charge in [0, 0.05) is 11.1 Å². The van der Waals surface area contributed by atoms with Crippen LogP contribution in [0.15, 0.2) is 106 Å². The zero-order valence-corrected chi connectivity index (χ0v) is 29.7. The van der Waals surface area contributed by atoms with Crippen molar-refractivity contribution in [3.05, 3.63) is 154 Å². The van der Waals surface area contributed by atoms with Crippen molar-refractivity contribution in [1.29, 1.82) is 0 Å². The Balaban J connectivity index is 1.54. The third-order valence-corrected chi connectivity index (χ3v) is 9.90. The van der Waals surface area contributed by atoms with Gasteiger partial charge in [-0.1, -0.05) is 121 Å². The first-order chi connectivity index (χ1) is 23.7. The summed E-state index contributed by atoms with van der Waals surface area (Å²) in [5.74, 6) is 0.746. The predicted octanol–water partition coefficient (Wildman–Crippen LogP) is 7.95. The molecule has 49 heavy (non-hydrogen) atoms. The molecule has 1 aliphatic rings. The molecule has 0 spiro atoms. The Kier molecular flexibility index (Phi) is 10.4. The third-order valence-electron chi connectivity index (χ3n) is 8.18. The number of para-hydroxylation sites is 1. The number of hydrogen-bond donors (Lipinski definition) is 0. The Bertz CT molecular complexity index is 2220. The summed E-state index contributed by atoms with van der Waals surface area (Å²) in [5, 5.41) is 0.879. The molecule has 0 bridgehead atoms. The molecule has 2 heterocycles. The molecule has 0 saturated heterocycles. The summed E-state index contributed by atoms with van der Waals surface area (Å²) in [4.78, 5) is 33.7. The van der Waals surface area contributed by atoms with Crippen molar-refractivity contribution in [2.45, 2.75) is 39.3 Å². The molecule has 0 radical (unpaired) electrons. The van der Waals surface area contributed by atoms with E-state index >= 15 is 0 Å². The minimum Gasteiger partial charge on any atom is -0.493 e. The Labute approximate surface area is 298 Å². The van der Waals surface area contributed by atoms with Crippen LogP contribution in [0.1, 0.15) is 60.5 Å². The zero-order valence-electron chi connectivity index (χ0n) is 27.4. The quantitative estimate of drug-likeness (QED) is 0.137. The van der Waals surface area contributed by atoms with Gasteiger partial charge in [-0.2, -0.15) is 0 Å². The number of hydrogen-bond acceptors (Lipinski definition) is 7. The molecule has 1 aromatic heterocycles. The Hall–Kier alpha value is -4.63. The number of carbonyl (C=O) groups is 1. The minimum absolute atomic E-state index is 0.175. The summed E-state index contributed by atoms with van der Waals surface area (Å²) in [6, 6.07) is 27.5. The van der Waals surface area contributed by atoms with Crippen LogP contribution in [-0.2, 0) is 16.1 Å². The van der Waals surface area contributed by atoms with Gasteiger partial charge in [0.25, 0.3) is 5.56 Å². The van der Waals surface area contributed by atoms with Crippen LogP contribution in [0.4, 0.5) is 0 Å². The summed E-state index contributed by atoms with van der Waals surface area (Å²) in [6.07, 6.45) is 1.77. The van der Waals surface area contributed by atoms with Crippen molar-refractivity contribution in [3.8, 4) is 11.5 Å². The van der Waals surface area contributed by atoms with Gasteiger partial charge in [-0.15, -0.1) is 0 Å². The largest absolute Gasteiger partial charge is 0.493 e. The molecular weight excluding hydrogens is 679 g/mol. The molecule has 4 aromatic carbocycles. The van der Waals surface area contributed by atoms with E-state index in [2.05, 4.69) is 13.8 Å². The first kappa shape index (κ1) is 34.2. The van der Waals surface area contributed by atoms with Gasteiger partial charge < -0.3 is 14.2 Å². The number of nitrogens with zero attached hydrogens (tertiary/aromatic N) is 2. The van der Waals surface area contributed by atoms with Gasteiger partial charge in [0.1, 0.15) is 6.61 Å². The Morgan fingerprint density at radius 2 is 1.73 bits per heavy atom. The van der Waals surface area contributed by atoms with Gasteiger partial charge in [-0.25, -0.2) is 9.79 Å². The summed E-state index contributed by atoms with van der Waals surface area (Å²) >= 11 is 13.6. The zero-order chi connectivity index (χ0) is 34.7. The van der Waals surface area contributed by atoms with Gasteiger partial charge in [0.05, 0.1) is 45.6 Å². The van der Waals surface area contributed by atoms with E-state index in [4.69, 9.17) is 42.4 Å². The van der Waals surface area contributed by atoms with Crippen molar-refractivity contribution in [1.82, 2.24) is 4.57 Å². The summed E-state index contributed by atoms with van der Waals surface area (Å²) < 4.78 is 19.5. The first-order valence-electron chi connectivity index (χ1n) is 15.8. The van der Waals surface area contributed by atoms with Gasteiger partial charge in [-0.05, 0) is 53.8 Å². The Morgan fingerprint density at radius 1 is 0.980 bits per heavy atom. The highest BCUT2D eigenvalue weighted by molar-refractivity contribution is 7.07. The lowest BCUT2D eigenvalue weighted by atomic mass is 9.91. The lowest BCUT2D eigenvalue weighted by molar-refractivity contribution is -0.138. The fourth-order valence-electron chi connectivity index (χ4n) is 5.71. The molecular formula is C39H34Cl2N2O5S. The van der Waals surface area contributed by atoms with Crippen LogP contribution in [-0.4, -0.2) is 24.3 Å². The average Bonchev–Trinajstić information content (AvgIpc) is 3.42. The van der Waals surface area contributed by atoms with E-state index in [9.17, 15) is 9.59 Å². The number of fused-ring (bicyclic) bond motifs is 1. The van der Waals surface area contributed by atoms with Crippen molar-refractivity contribution in [2.24, 2.45) is 4.99 Å². The van der Waals surface area contributed by atoms with E-state index in [-0.39, 0.29) is 18.8 Å². The number of methoxy groups -OCH3 is 1. The summed E-state index contributed by atoms with van der Waals surface area (Å²) in [6.45, 7) is 6.37. The molecule has 1 aliphatic heterocycles. The molecule has 0 N–H and O–H groups in total. The first-order valence-corrected chi connectivity index (χ1v) is 17.4. The second-order valence-corrected chi connectivity index (χ2v) is 13.5. The highest BCUT2D eigenvalue weighted by atomic mass is 35.5. The number of ether oxygens (including phenoxy) is 3. The standard InChI is InChI=1S/C39H34Cl2N2O5S/c1-5-47-38(45)33-34(26-10-7-6-8-11-26)42-39-43(35(33)27-17-15-25(16-18-27)23(2)3)37(44)32(49-39)21-28-12-9-13-31(46-4)36(28)48-22-24-14-19-29(40)30(41)20-24/h6-21,23,35H,5,22H2,1-4H3/b32-21-/t35-/m0/s1. The number of carbonyl (C=O) groups excluding carboxylic acids is 1. The van der Waals surface area contributed by atoms with Crippen LogP contribution in [0.25, 0.3) is 11.8 Å². The van der Waals surface area contributed by atoms with Crippen LogP contribution in [0.5, 0.6) is 11.5 Å². The normalized spacial score (nSPS) is 14.4. The Morgan fingerprint density at radius 3 is 2.41 bits per heavy atom. The van der Waals surface area contributed by atoms with Crippen LogP contribution in [0.2, 0.25) is 10.0 Å². The van der Waals surface area contributed by atoms with Crippen LogP contribution in [0.3, 0.4) is 0 Å². The molecule has 0 amide bonds. The molecule has 1 atom stereocenters. The predicted molar refractivity (Wildman–Crippen MR) is 195 cm³/mol. The van der Waals surface area contributed by atoms with Gasteiger partial charge >= 0.3 is 5.97 Å². The molecule has 10 heteroatoms. The van der Waals surface area contributed by atoms with Crippen LogP contribution >= 0.6 is 34.5 Å². The van der Waals surface area contributed by atoms with E-state index in [1.807, 2.05) is 72.8 Å². The van der Waals surface area contributed by atoms with Crippen LogP contribution < -0.4 is 24.4 Å². The third kappa shape index (κ3) is 7.08. The fraction of sp³-hybridized carbons (Fsp3) is 0.205. The number of benzene rings is 4. The van der Waals surface area contributed by atoms with Crippen molar-refractivity contribution in [2.75, 3.05) is 13.7 Å². The number of halogens is 2. The van der Waals surface area contributed by atoms with E-state index in [1.54, 1.807) is 42.9 Å². The highest BCUT2D eigenvalue weighted by Gasteiger charge is 2.35. The number of esters is 1. The smallest absolute Gasteiger partial charge is 0.338 e. The van der Waals surface area contributed by atoms with Crippen LogP contribution in [0, 0.1) is 0 Å². The maximum absolute atomic E-state index is 14.5. The van der Waals surface area contributed by atoms with Crippen molar-refractivity contribution < 1.29 is 19.0 Å². The molecule has 0 unspecified atom stereocenters. The van der Waals surface area contributed by atoms with E-state index in [0.717, 1.165) is 22.3 Å². The van der Waals surface area contributed by atoms with Gasteiger partial charge in [0.2, 0.25) is 0 Å². The monoisotopic (exact) mass is 712 g/mol. The lowest BCUT2D eigenvalue weighted by Crippen LogP contribution is -2.40. The topological polar surface area (TPSA) is 79.1 Å². The number of rotatable bonds is 10. The number of thiazole rings is 1. The van der Waals surface area contributed by atoms with E-state index in [1.165, 1.54) is 11.3 Å².